The van der Waals surface area contributed by atoms with Crippen molar-refractivity contribution in [3.63, 3.8) is 0 Å². The number of benzene rings is 2. The van der Waals surface area contributed by atoms with E-state index in [-0.39, 0.29) is 17.8 Å². The van der Waals surface area contributed by atoms with Crippen molar-refractivity contribution in [2.45, 2.75) is 56.8 Å². The SMILES string of the molecule is C[SiH-](C)(C)CCOCn1cc2cc(Cl)cc(C(OCC3(c4ccc(F)cc4)CCNCC3)C(N)=O)c2n1. The quantitative estimate of drug-likeness (QED) is 0.267. The number of carbonyl (C=O) groups is 1. The van der Waals surface area contributed by atoms with Crippen LogP contribution in [-0.4, -0.2) is 50.1 Å². The van der Waals surface area contributed by atoms with E-state index in [1.807, 2.05) is 6.20 Å². The van der Waals surface area contributed by atoms with Crippen molar-refractivity contribution >= 4 is 36.5 Å². The van der Waals surface area contributed by atoms with Crippen molar-refractivity contribution < 1.29 is 18.7 Å². The Morgan fingerprint density at radius 3 is 2.59 bits per heavy atom. The van der Waals surface area contributed by atoms with Crippen LogP contribution in [0.4, 0.5) is 4.39 Å². The molecule has 1 saturated heterocycles. The Morgan fingerprint density at radius 1 is 1.24 bits per heavy atom. The molecule has 1 fully saturated rings. The maximum atomic E-state index is 13.6. The predicted molar refractivity (Wildman–Crippen MR) is 148 cm³/mol. The number of nitrogens with one attached hydrogen (secondary N) is 1. The van der Waals surface area contributed by atoms with Gasteiger partial charge in [0.05, 0.1) is 0 Å². The molecule has 7 nitrogen and oxygen atoms in total. The summed E-state index contributed by atoms with van der Waals surface area (Å²) in [6.45, 7) is 9.85. The fourth-order valence-electron chi connectivity index (χ4n) is 4.83. The van der Waals surface area contributed by atoms with Crippen molar-refractivity contribution in [3.05, 3.63) is 64.6 Å². The van der Waals surface area contributed by atoms with Gasteiger partial charge in [-0.15, -0.1) is 0 Å². The summed E-state index contributed by atoms with van der Waals surface area (Å²) < 4.78 is 27.5. The van der Waals surface area contributed by atoms with Crippen LogP contribution in [-0.2, 0) is 26.4 Å². The molecule has 0 aliphatic carbocycles. The van der Waals surface area contributed by atoms with Gasteiger partial charge in [-0.05, 0) is 43.6 Å². The molecule has 3 aromatic rings. The fraction of sp³-hybridized carbons (Fsp3) is 0.481. The van der Waals surface area contributed by atoms with Gasteiger partial charge in [-0.3, -0.25) is 0 Å². The Kier molecular flexibility index (Phi) is 8.70. The van der Waals surface area contributed by atoms with Gasteiger partial charge < -0.3 is 5.32 Å². The number of amides is 1. The van der Waals surface area contributed by atoms with E-state index in [9.17, 15) is 9.18 Å². The molecule has 1 atom stereocenters. The van der Waals surface area contributed by atoms with Gasteiger partial charge in [0.25, 0.3) is 0 Å². The van der Waals surface area contributed by atoms with Gasteiger partial charge in [0.15, 0.2) is 0 Å². The zero-order valence-corrected chi connectivity index (χ0v) is 23.7. The van der Waals surface area contributed by atoms with Crippen LogP contribution >= 0.6 is 11.6 Å². The number of carbonyl (C=O) groups excluding carboxylic acids is 1. The van der Waals surface area contributed by atoms with E-state index in [0.29, 0.717) is 29.4 Å². The minimum atomic E-state index is -1.47. The first-order valence-electron chi connectivity index (χ1n) is 13.0. The topological polar surface area (TPSA) is 91.4 Å². The number of hydrogen-bond donors (Lipinski definition) is 2. The van der Waals surface area contributed by atoms with E-state index in [1.54, 1.807) is 28.9 Å². The van der Waals surface area contributed by atoms with Gasteiger partial charge in [0.1, 0.15) is 5.82 Å². The molecule has 2 heterocycles. The number of aromatic nitrogens is 2. The molecule has 37 heavy (non-hydrogen) atoms. The molecule has 1 amide bonds. The summed E-state index contributed by atoms with van der Waals surface area (Å²) in [7, 11) is -1.47. The van der Waals surface area contributed by atoms with Crippen molar-refractivity contribution in [3.8, 4) is 0 Å². The van der Waals surface area contributed by atoms with Crippen LogP contribution in [0.5, 0.6) is 0 Å². The second-order valence-electron chi connectivity index (χ2n) is 11.5. The van der Waals surface area contributed by atoms with Gasteiger partial charge in [0.2, 0.25) is 0 Å². The van der Waals surface area contributed by atoms with Gasteiger partial charge in [-0.25, -0.2) is 4.39 Å². The first-order chi connectivity index (χ1) is 17.6. The number of halogens is 2. The monoisotopic (exact) mass is 547 g/mol. The van der Waals surface area contributed by atoms with Crippen molar-refractivity contribution in [2.24, 2.45) is 5.73 Å². The fourth-order valence-corrected chi connectivity index (χ4v) is 5.94. The molecule has 0 saturated carbocycles. The number of nitrogens with two attached hydrogens (primary N) is 1. The molecule has 4 rings (SSSR count). The molecule has 1 unspecified atom stereocenters. The molecular formula is C27H37ClFN4O3Si-. The summed E-state index contributed by atoms with van der Waals surface area (Å²) in [6.07, 6.45) is 2.40. The Hall–Kier alpha value is -2.30. The van der Waals surface area contributed by atoms with E-state index in [1.165, 1.54) is 12.1 Å². The molecule has 1 aliphatic heterocycles. The van der Waals surface area contributed by atoms with Crippen LogP contribution in [0.15, 0.2) is 42.6 Å². The summed E-state index contributed by atoms with van der Waals surface area (Å²) in [5.74, 6) is -0.903. The van der Waals surface area contributed by atoms with Crippen molar-refractivity contribution in [2.75, 3.05) is 26.3 Å². The average Bonchev–Trinajstić information content (AvgIpc) is 3.25. The first-order valence-corrected chi connectivity index (χ1v) is 17.6. The molecule has 10 heteroatoms. The summed E-state index contributed by atoms with van der Waals surface area (Å²) in [5, 5.41) is 9.29. The number of nitrogens with zero attached hydrogens (tertiary/aromatic N) is 2. The Bertz CT molecular complexity index is 1220. The summed E-state index contributed by atoms with van der Waals surface area (Å²) in [5.41, 5.74) is 7.59. The molecular weight excluding hydrogens is 511 g/mol. The number of ether oxygens (including phenoxy) is 2. The van der Waals surface area contributed by atoms with Gasteiger partial charge in [0, 0.05) is 0 Å². The van der Waals surface area contributed by atoms with E-state index >= 15 is 0 Å². The van der Waals surface area contributed by atoms with E-state index < -0.39 is 20.1 Å². The number of fused-ring (bicyclic) bond motifs is 1. The molecule has 202 valence electrons. The summed E-state index contributed by atoms with van der Waals surface area (Å²) in [6, 6.07) is 11.1. The predicted octanol–water partition coefficient (Wildman–Crippen LogP) is 4.74. The zero-order chi connectivity index (χ0) is 26.6. The zero-order valence-electron chi connectivity index (χ0n) is 21.8. The Morgan fingerprint density at radius 2 is 1.95 bits per heavy atom. The average molecular weight is 548 g/mol. The number of rotatable bonds is 11. The second-order valence-corrected chi connectivity index (χ2v) is 18.4. The van der Waals surface area contributed by atoms with E-state index in [4.69, 9.17) is 26.8 Å². The summed E-state index contributed by atoms with van der Waals surface area (Å²) >= 11 is 6.43. The van der Waals surface area contributed by atoms with Crippen molar-refractivity contribution in [1.82, 2.24) is 15.1 Å². The molecule has 1 aliphatic rings. The summed E-state index contributed by atoms with van der Waals surface area (Å²) in [4.78, 5) is 12.7. The third-order valence-electron chi connectivity index (χ3n) is 7.09. The van der Waals surface area contributed by atoms with Crippen LogP contribution < -0.4 is 11.1 Å². The minimum absolute atomic E-state index is 0.253. The van der Waals surface area contributed by atoms with Gasteiger partial charge in [-0.2, -0.15) is 0 Å². The first kappa shape index (κ1) is 27.7. The third kappa shape index (κ3) is 6.97. The molecule has 3 N–H and O–H groups in total. The third-order valence-corrected chi connectivity index (χ3v) is 9.27. The van der Waals surface area contributed by atoms with Crippen molar-refractivity contribution in [1.29, 1.82) is 0 Å². The molecule has 0 radical (unpaired) electrons. The molecule has 0 spiro atoms. The number of primary amides is 1. The van der Waals surface area contributed by atoms with Gasteiger partial charge in [-0.1, -0.05) is 12.1 Å². The van der Waals surface area contributed by atoms with Crippen LogP contribution in [0.2, 0.25) is 30.7 Å². The molecule has 2 aromatic carbocycles. The van der Waals surface area contributed by atoms with Crippen LogP contribution in [0.1, 0.15) is 30.1 Å². The van der Waals surface area contributed by atoms with Crippen LogP contribution in [0, 0.1) is 5.82 Å². The molecule has 1 aromatic heterocycles. The Labute approximate surface area is 223 Å². The van der Waals surface area contributed by atoms with Gasteiger partial charge >= 0.3 is 152 Å². The van der Waals surface area contributed by atoms with Crippen LogP contribution in [0.25, 0.3) is 10.9 Å². The van der Waals surface area contributed by atoms with E-state index in [0.717, 1.165) is 42.9 Å². The number of piperidine rings is 1. The standard InChI is InChI=1S/C27H37ClFN4O3Si/c1-37(2,3)13-12-35-18-33-16-19-14-21(28)15-23(24(19)32-33)25(26(30)34)36-17-27(8-10-31-11-9-27)20-4-6-22(29)7-5-20/h4-7,14-16,25,31,37H,8-13,17-18H2,1-3H3,(H2,30,34)/q-1. The van der Waals surface area contributed by atoms with Crippen LogP contribution in [0.3, 0.4) is 0 Å². The van der Waals surface area contributed by atoms with E-state index in [2.05, 4.69) is 30.1 Å². The molecule has 0 bridgehead atoms. The maximum absolute atomic E-state index is 13.6. The number of hydrogen-bond acceptors (Lipinski definition) is 5. The normalized spacial score (nSPS) is 17.1. The second kappa shape index (κ2) is 11.6. The Balaban J connectivity index is 1.58.